The number of carboxylic acid groups (broad SMARTS) is 1. The van der Waals surface area contributed by atoms with Crippen LogP contribution < -0.4 is 5.32 Å². The monoisotopic (exact) mass is 285 g/mol. The molecule has 116 valence electrons. The van der Waals surface area contributed by atoms with Crippen LogP contribution in [-0.4, -0.2) is 35.2 Å². The Morgan fingerprint density at radius 1 is 1.30 bits per heavy atom. The summed E-state index contributed by atoms with van der Waals surface area (Å²) in [6.45, 7) is 5.76. The average Bonchev–Trinajstić information content (AvgIpc) is 2.87. The minimum Gasteiger partial charge on any atom is -0.480 e. The molecule has 1 rings (SSSR count). The third kappa shape index (κ3) is 5.49. The Kier molecular flexibility index (Phi) is 6.99. The fraction of sp³-hybridized carbons (Fsp3) is 0.867. The molecule has 2 N–H and O–H groups in total. The van der Waals surface area contributed by atoms with E-state index in [2.05, 4.69) is 5.32 Å². The molecular weight excluding hydrogens is 258 g/mol. The van der Waals surface area contributed by atoms with Gasteiger partial charge in [-0.25, -0.2) is 4.79 Å². The molecule has 2 atom stereocenters. The number of amides is 1. The molecule has 0 spiro atoms. The zero-order valence-corrected chi connectivity index (χ0v) is 12.7. The quantitative estimate of drug-likeness (QED) is 0.717. The maximum Gasteiger partial charge on any atom is 0.326 e. The van der Waals surface area contributed by atoms with Crippen molar-refractivity contribution >= 4 is 11.9 Å². The summed E-state index contributed by atoms with van der Waals surface area (Å²) in [7, 11) is 0. The van der Waals surface area contributed by atoms with Gasteiger partial charge in [-0.3, -0.25) is 4.79 Å². The molecule has 0 aromatic heterocycles. The van der Waals surface area contributed by atoms with Crippen molar-refractivity contribution in [2.75, 3.05) is 0 Å². The molecule has 0 heterocycles. The largest absolute Gasteiger partial charge is 0.480 e. The van der Waals surface area contributed by atoms with Crippen LogP contribution in [0.3, 0.4) is 0 Å². The number of ether oxygens (including phenoxy) is 1. The second-order valence-corrected chi connectivity index (χ2v) is 5.97. The summed E-state index contributed by atoms with van der Waals surface area (Å²) in [6.07, 6.45) is 4.90. The summed E-state index contributed by atoms with van der Waals surface area (Å²) in [5.41, 5.74) is 0. The Balaban J connectivity index is 2.53. The fourth-order valence-corrected chi connectivity index (χ4v) is 2.56. The first-order chi connectivity index (χ1) is 9.43. The second-order valence-electron chi connectivity index (χ2n) is 5.97. The molecule has 0 bridgehead atoms. The second kappa shape index (κ2) is 8.25. The summed E-state index contributed by atoms with van der Waals surface area (Å²) >= 11 is 0. The number of carbonyl (C=O) groups is 2. The maximum absolute atomic E-state index is 12.2. The van der Waals surface area contributed by atoms with Crippen LogP contribution in [0.2, 0.25) is 0 Å². The third-order valence-electron chi connectivity index (χ3n) is 3.64. The number of nitrogens with one attached hydrogen (secondary N) is 1. The summed E-state index contributed by atoms with van der Waals surface area (Å²) in [4.78, 5) is 23.3. The van der Waals surface area contributed by atoms with Gasteiger partial charge in [0, 0.05) is 0 Å². The smallest absolute Gasteiger partial charge is 0.326 e. The van der Waals surface area contributed by atoms with E-state index < -0.39 is 18.1 Å². The number of carboxylic acids is 1. The summed E-state index contributed by atoms with van der Waals surface area (Å²) in [5, 5.41) is 11.8. The number of aliphatic carboxylic acids is 1. The predicted octanol–water partition coefficient (Wildman–Crippen LogP) is 2.34. The van der Waals surface area contributed by atoms with Crippen LogP contribution in [0.1, 0.15) is 59.3 Å². The van der Waals surface area contributed by atoms with E-state index >= 15 is 0 Å². The van der Waals surface area contributed by atoms with Gasteiger partial charge >= 0.3 is 5.97 Å². The van der Waals surface area contributed by atoms with Crippen LogP contribution >= 0.6 is 0 Å². The van der Waals surface area contributed by atoms with Crippen molar-refractivity contribution in [3.05, 3.63) is 0 Å². The number of hydrogen-bond acceptors (Lipinski definition) is 3. The van der Waals surface area contributed by atoms with Crippen molar-refractivity contribution in [1.29, 1.82) is 0 Å². The number of hydrogen-bond donors (Lipinski definition) is 2. The molecule has 1 unspecified atom stereocenters. The molecule has 0 aromatic rings. The molecule has 0 aliphatic heterocycles. The van der Waals surface area contributed by atoms with Gasteiger partial charge < -0.3 is 15.2 Å². The topological polar surface area (TPSA) is 75.6 Å². The van der Waals surface area contributed by atoms with Gasteiger partial charge in [-0.1, -0.05) is 33.6 Å². The lowest BCUT2D eigenvalue weighted by Gasteiger charge is -2.23. The highest BCUT2D eigenvalue weighted by atomic mass is 16.5. The van der Waals surface area contributed by atoms with Crippen LogP contribution in [0.15, 0.2) is 0 Å². The SMILES string of the molecule is CCC(OC1CCCC1)C(=O)N[C@@H](CC(C)C)C(=O)O. The molecule has 1 amide bonds. The van der Waals surface area contributed by atoms with E-state index in [4.69, 9.17) is 9.84 Å². The average molecular weight is 285 g/mol. The lowest BCUT2D eigenvalue weighted by atomic mass is 10.0. The Bertz CT molecular complexity index is 324. The van der Waals surface area contributed by atoms with E-state index in [0.29, 0.717) is 12.8 Å². The Hall–Kier alpha value is -1.10. The maximum atomic E-state index is 12.2. The molecule has 5 heteroatoms. The Morgan fingerprint density at radius 3 is 2.35 bits per heavy atom. The van der Waals surface area contributed by atoms with Crippen LogP contribution in [0.5, 0.6) is 0 Å². The first-order valence-corrected chi connectivity index (χ1v) is 7.62. The molecule has 20 heavy (non-hydrogen) atoms. The van der Waals surface area contributed by atoms with Crippen molar-refractivity contribution < 1.29 is 19.4 Å². The molecule has 1 aliphatic carbocycles. The minimum absolute atomic E-state index is 0.152. The van der Waals surface area contributed by atoms with Crippen molar-refractivity contribution in [2.24, 2.45) is 5.92 Å². The van der Waals surface area contributed by atoms with E-state index in [-0.39, 0.29) is 17.9 Å². The lowest BCUT2D eigenvalue weighted by molar-refractivity contribution is -0.146. The summed E-state index contributed by atoms with van der Waals surface area (Å²) < 4.78 is 5.80. The molecule has 0 saturated heterocycles. The van der Waals surface area contributed by atoms with E-state index in [9.17, 15) is 9.59 Å². The molecule has 1 saturated carbocycles. The van der Waals surface area contributed by atoms with Gasteiger partial charge in [-0.15, -0.1) is 0 Å². The highest BCUT2D eigenvalue weighted by molar-refractivity contribution is 5.86. The van der Waals surface area contributed by atoms with Crippen LogP contribution in [-0.2, 0) is 14.3 Å². The molecular formula is C15H27NO4. The number of carbonyl (C=O) groups excluding carboxylic acids is 1. The van der Waals surface area contributed by atoms with Crippen molar-refractivity contribution in [2.45, 2.75) is 77.5 Å². The highest BCUT2D eigenvalue weighted by Crippen LogP contribution is 2.23. The highest BCUT2D eigenvalue weighted by Gasteiger charge is 2.28. The fourth-order valence-electron chi connectivity index (χ4n) is 2.56. The van der Waals surface area contributed by atoms with E-state index in [0.717, 1.165) is 25.7 Å². The molecule has 0 aromatic carbocycles. The Labute approximate surface area is 121 Å². The van der Waals surface area contributed by atoms with Gasteiger partial charge in [-0.05, 0) is 31.6 Å². The first-order valence-electron chi connectivity index (χ1n) is 7.62. The van der Waals surface area contributed by atoms with Gasteiger partial charge in [0.1, 0.15) is 12.1 Å². The van der Waals surface area contributed by atoms with Crippen molar-refractivity contribution in [3.63, 3.8) is 0 Å². The number of rotatable bonds is 8. The molecule has 1 aliphatic rings. The standard InChI is InChI=1S/C15H27NO4/c1-4-13(20-11-7-5-6-8-11)14(17)16-12(15(18)19)9-10(2)3/h10-13H,4-9H2,1-3H3,(H,16,17)(H,18,19)/t12-,13?/m0/s1. The van der Waals surface area contributed by atoms with E-state index in [1.54, 1.807) is 0 Å². The van der Waals surface area contributed by atoms with Crippen molar-refractivity contribution in [3.8, 4) is 0 Å². The van der Waals surface area contributed by atoms with Crippen molar-refractivity contribution in [1.82, 2.24) is 5.32 Å². The Morgan fingerprint density at radius 2 is 1.90 bits per heavy atom. The normalized spacial score (nSPS) is 19.0. The summed E-state index contributed by atoms with van der Waals surface area (Å²) in [6, 6.07) is -0.830. The predicted molar refractivity (Wildman–Crippen MR) is 76.4 cm³/mol. The zero-order valence-electron chi connectivity index (χ0n) is 12.7. The van der Waals surface area contributed by atoms with Gasteiger partial charge in [0.05, 0.1) is 6.10 Å². The van der Waals surface area contributed by atoms with E-state index in [1.807, 2.05) is 20.8 Å². The van der Waals surface area contributed by atoms with E-state index in [1.165, 1.54) is 0 Å². The molecule has 0 radical (unpaired) electrons. The third-order valence-corrected chi connectivity index (χ3v) is 3.64. The first kappa shape index (κ1) is 17.0. The van der Waals surface area contributed by atoms with Gasteiger partial charge in [0.15, 0.2) is 0 Å². The zero-order chi connectivity index (χ0) is 15.1. The van der Waals surface area contributed by atoms with Gasteiger partial charge in [0.25, 0.3) is 0 Å². The summed E-state index contributed by atoms with van der Waals surface area (Å²) in [5.74, 6) is -1.07. The minimum atomic E-state index is -0.984. The molecule has 1 fully saturated rings. The van der Waals surface area contributed by atoms with Gasteiger partial charge in [-0.2, -0.15) is 0 Å². The van der Waals surface area contributed by atoms with Gasteiger partial charge in [0.2, 0.25) is 5.91 Å². The lowest BCUT2D eigenvalue weighted by Crippen LogP contribution is -2.47. The molecule has 5 nitrogen and oxygen atoms in total. The van der Waals surface area contributed by atoms with Crippen LogP contribution in [0.25, 0.3) is 0 Å². The van der Waals surface area contributed by atoms with Crippen LogP contribution in [0, 0.1) is 5.92 Å². The van der Waals surface area contributed by atoms with Crippen LogP contribution in [0.4, 0.5) is 0 Å².